The first-order valence-corrected chi connectivity index (χ1v) is 10.1. The summed E-state index contributed by atoms with van der Waals surface area (Å²) in [6, 6.07) is 11.7. The van der Waals surface area contributed by atoms with Crippen molar-refractivity contribution < 1.29 is 0 Å². The van der Waals surface area contributed by atoms with Gasteiger partial charge >= 0.3 is 0 Å². The zero-order valence-corrected chi connectivity index (χ0v) is 15.8. The highest BCUT2D eigenvalue weighted by Gasteiger charge is 2.20. The van der Waals surface area contributed by atoms with Crippen molar-refractivity contribution in [3.05, 3.63) is 47.8 Å². The number of aryl methyl sites for hydroxylation is 1. The molecule has 1 saturated carbocycles. The molecule has 1 aromatic heterocycles. The Kier molecular flexibility index (Phi) is 6.77. The molecule has 0 radical (unpaired) electrons. The molecular formula is C23H29N3. The van der Waals surface area contributed by atoms with Gasteiger partial charge in [0, 0.05) is 17.5 Å². The van der Waals surface area contributed by atoms with Gasteiger partial charge in [0.25, 0.3) is 0 Å². The summed E-state index contributed by atoms with van der Waals surface area (Å²) in [5.74, 6) is 2.60. The fourth-order valence-corrected chi connectivity index (χ4v) is 4.02. The van der Waals surface area contributed by atoms with Crippen LogP contribution in [0.5, 0.6) is 0 Å². The van der Waals surface area contributed by atoms with E-state index in [-0.39, 0.29) is 0 Å². The van der Waals surface area contributed by atoms with Gasteiger partial charge in [0.15, 0.2) is 5.82 Å². The topological polar surface area (TPSA) is 49.6 Å². The van der Waals surface area contributed by atoms with E-state index in [1.165, 1.54) is 51.4 Å². The molecule has 26 heavy (non-hydrogen) atoms. The van der Waals surface area contributed by atoms with Gasteiger partial charge in [-0.25, -0.2) is 9.97 Å². The molecule has 0 unspecified atom stereocenters. The summed E-state index contributed by atoms with van der Waals surface area (Å²) in [6.07, 6.45) is 13.9. The normalized spacial score (nSPS) is 19.8. The summed E-state index contributed by atoms with van der Waals surface area (Å²) < 4.78 is 0. The number of nitriles is 1. The van der Waals surface area contributed by atoms with Crippen LogP contribution in [0.2, 0.25) is 0 Å². The Morgan fingerprint density at radius 1 is 1.00 bits per heavy atom. The number of hydrogen-bond acceptors (Lipinski definition) is 3. The van der Waals surface area contributed by atoms with Crippen LogP contribution in [0, 0.1) is 23.2 Å². The van der Waals surface area contributed by atoms with Crippen LogP contribution in [0.4, 0.5) is 0 Å². The van der Waals surface area contributed by atoms with Gasteiger partial charge in [-0.2, -0.15) is 5.26 Å². The summed E-state index contributed by atoms with van der Waals surface area (Å²) in [5, 5.41) is 8.91. The van der Waals surface area contributed by atoms with Crippen molar-refractivity contribution in [2.24, 2.45) is 11.8 Å². The lowest BCUT2D eigenvalue weighted by atomic mass is 9.78. The van der Waals surface area contributed by atoms with Crippen LogP contribution in [-0.4, -0.2) is 9.97 Å². The van der Waals surface area contributed by atoms with Gasteiger partial charge in [0.05, 0.1) is 11.6 Å². The summed E-state index contributed by atoms with van der Waals surface area (Å²) in [6.45, 7) is 2.29. The number of rotatable bonds is 7. The number of nitrogens with zero attached hydrogens (tertiary/aromatic N) is 3. The largest absolute Gasteiger partial charge is 0.237 e. The van der Waals surface area contributed by atoms with Crippen LogP contribution in [0.3, 0.4) is 0 Å². The summed E-state index contributed by atoms with van der Waals surface area (Å²) >= 11 is 0. The third kappa shape index (κ3) is 5.14. The predicted molar refractivity (Wildman–Crippen MR) is 105 cm³/mol. The van der Waals surface area contributed by atoms with E-state index >= 15 is 0 Å². The molecule has 0 spiro atoms. The second-order valence-electron chi connectivity index (χ2n) is 7.63. The van der Waals surface area contributed by atoms with Gasteiger partial charge in [-0.1, -0.05) is 51.9 Å². The van der Waals surface area contributed by atoms with Gasteiger partial charge in [0.1, 0.15) is 0 Å². The van der Waals surface area contributed by atoms with Crippen LogP contribution in [0.15, 0.2) is 36.5 Å². The van der Waals surface area contributed by atoms with E-state index in [9.17, 15) is 0 Å². The molecule has 2 aromatic rings. The molecule has 3 heteroatoms. The van der Waals surface area contributed by atoms with Crippen LogP contribution in [0.1, 0.15) is 69.5 Å². The molecule has 0 saturated heterocycles. The second-order valence-corrected chi connectivity index (χ2v) is 7.63. The highest BCUT2D eigenvalue weighted by atomic mass is 14.9. The molecule has 0 atom stereocenters. The van der Waals surface area contributed by atoms with Crippen molar-refractivity contribution in [1.82, 2.24) is 9.97 Å². The maximum atomic E-state index is 8.91. The summed E-state index contributed by atoms with van der Waals surface area (Å²) in [5.41, 5.74) is 2.77. The monoisotopic (exact) mass is 347 g/mol. The molecule has 0 aliphatic heterocycles. The molecule has 0 N–H and O–H groups in total. The van der Waals surface area contributed by atoms with Gasteiger partial charge < -0.3 is 0 Å². The Balaban J connectivity index is 1.52. The van der Waals surface area contributed by atoms with Crippen LogP contribution in [-0.2, 0) is 6.42 Å². The predicted octanol–water partition coefficient (Wildman–Crippen LogP) is 5.94. The highest BCUT2D eigenvalue weighted by molar-refractivity contribution is 5.56. The molecule has 1 heterocycles. The third-order valence-electron chi connectivity index (χ3n) is 5.73. The number of benzene rings is 1. The minimum absolute atomic E-state index is 0.666. The molecule has 0 amide bonds. The fraction of sp³-hybridized carbons (Fsp3) is 0.522. The van der Waals surface area contributed by atoms with Crippen molar-refractivity contribution >= 4 is 0 Å². The van der Waals surface area contributed by atoms with Gasteiger partial charge in [0.2, 0.25) is 0 Å². The fourth-order valence-electron chi connectivity index (χ4n) is 4.02. The summed E-state index contributed by atoms with van der Waals surface area (Å²) in [7, 11) is 0. The van der Waals surface area contributed by atoms with E-state index in [4.69, 9.17) is 10.2 Å². The highest BCUT2D eigenvalue weighted by Crippen LogP contribution is 2.34. The average molecular weight is 348 g/mol. The molecular weight excluding hydrogens is 318 g/mol. The SMILES string of the molecule is CCCCC1CCC(CCc2ccnc(-c3ccc(C#N)cc3)n2)CC1. The lowest BCUT2D eigenvalue weighted by Crippen LogP contribution is -2.15. The molecule has 1 aromatic carbocycles. The zero-order chi connectivity index (χ0) is 18.2. The van der Waals surface area contributed by atoms with Crippen LogP contribution >= 0.6 is 0 Å². The number of hydrogen-bond donors (Lipinski definition) is 0. The molecule has 3 nitrogen and oxygen atoms in total. The Bertz CT molecular complexity index is 722. The van der Waals surface area contributed by atoms with E-state index in [0.717, 1.165) is 35.3 Å². The Hall–Kier alpha value is -2.21. The van der Waals surface area contributed by atoms with Crippen LogP contribution < -0.4 is 0 Å². The molecule has 0 bridgehead atoms. The zero-order valence-electron chi connectivity index (χ0n) is 15.8. The van der Waals surface area contributed by atoms with Gasteiger partial charge in [-0.3, -0.25) is 0 Å². The first-order valence-electron chi connectivity index (χ1n) is 10.1. The van der Waals surface area contributed by atoms with Crippen molar-refractivity contribution in [3.63, 3.8) is 0 Å². The standard InChI is InChI=1S/C23H29N3/c1-2-3-4-18-5-7-19(8-6-18)11-14-22-15-16-25-23(26-22)21-12-9-20(17-24)10-13-21/h9-10,12-13,15-16,18-19H,2-8,11,14H2,1H3. The number of unbranched alkanes of at least 4 members (excludes halogenated alkanes) is 1. The van der Waals surface area contributed by atoms with Crippen LogP contribution in [0.25, 0.3) is 11.4 Å². The average Bonchev–Trinajstić information content (AvgIpc) is 2.72. The second kappa shape index (κ2) is 9.48. The Morgan fingerprint density at radius 2 is 1.69 bits per heavy atom. The van der Waals surface area contributed by atoms with E-state index in [0.29, 0.717) is 5.56 Å². The third-order valence-corrected chi connectivity index (χ3v) is 5.73. The molecule has 1 fully saturated rings. The number of aromatic nitrogens is 2. The molecule has 1 aliphatic rings. The van der Waals surface area contributed by atoms with Crippen molar-refractivity contribution in [3.8, 4) is 17.5 Å². The first-order chi connectivity index (χ1) is 12.8. The Morgan fingerprint density at radius 3 is 2.35 bits per heavy atom. The van der Waals surface area contributed by atoms with E-state index in [2.05, 4.69) is 18.0 Å². The quantitative estimate of drug-likeness (QED) is 0.622. The smallest absolute Gasteiger partial charge is 0.159 e. The minimum Gasteiger partial charge on any atom is -0.237 e. The van der Waals surface area contributed by atoms with Crippen molar-refractivity contribution in [1.29, 1.82) is 5.26 Å². The van der Waals surface area contributed by atoms with E-state index in [1.54, 1.807) is 0 Å². The lowest BCUT2D eigenvalue weighted by Gasteiger charge is -2.28. The van der Waals surface area contributed by atoms with Crippen molar-refractivity contribution in [2.45, 2.75) is 64.7 Å². The first kappa shape index (κ1) is 18.6. The molecule has 1 aliphatic carbocycles. The van der Waals surface area contributed by atoms with E-state index in [1.807, 2.05) is 36.5 Å². The Labute approximate surface area is 157 Å². The summed E-state index contributed by atoms with van der Waals surface area (Å²) in [4.78, 5) is 9.15. The maximum Gasteiger partial charge on any atom is 0.159 e. The lowest BCUT2D eigenvalue weighted by molar-refractivity contribution is 0.249. The van der Waals surface area contributed by atoms with E-state index < -0.39 is 0 Å². The minimum atomic E-state index is 0.666. The van der Waals surface area contributed by atoms with Gasteiger partial charge in [-0.15, -0.1) is 0 Å². The maximum absolute atomic E-state index is 8.91. The van der Waals surface area contributed by atoms with Crippen molar-refractivity contribution in [2.75, 3.05) is 0 Å². The molecule has 3 rings (SSSR count). The molecule has 136 valence electrons. The van der Waals surface area contributed by atoms with Gasteiger partial charge in [-0.05, 0) is 55.0 Å².